The Kier molecular flexibility index (Phi) is 4.76. The fourth-order valence-electron chi connectivity index (χ4n) is 1.22. The van der Waals surface area contributed by atoms with Crippen LogP contribution < -0.4 is 11.1 Å². The average molecular weight is 211 g/mol. The van der Waals surface area contributed by atoms with Gasteiger partial charge in [0.1, 0.15) is 12.2 Å². The third kappa shape index (κ3) is 4.07. The van der Waals surface area contributed by atoms with Crippen molar-refractivity contribution in [3.63, 3.8) is 0 Å². The van der Waals surface area contributed by atoms with Crippen molar-refractivity contribution in [2.45, 2.75) is 26.3 Å². The van der Waals surface area contributed by atoms with Crippen LogP contribution in [0, 0.1) is 5.92 Å². The number of aromatic amines is 1. The van der Waals surface area contributed by atoms with E-state index < -0.39 is 0 Å². The molecule has 0 aliphatic heterocycles. The van der Waals surface area contributed by atoms with E-state index in [2.05, 4.69) is 20.5 Å². The van der Waals surface area contributed by atoms with E-state index >= 15 is 0 Å². The van der Waals surface area contributed by atoms with E-state index in [-0.39, 0.29) is 11.8 Å². The first-order chi connectivity index (χ1) is 7.24. The number of H-pyrrole nitrogens is 1. The third-order valence-electron chi connectivity index (χ3n) is 2.18. The highest BCUT2D eigenvalue weighted by Crippen LogP contribution is 2.04. The van der Waals surface area contributed by atoms with Gasteiger partial charge in [-0.05, 0) is 19.4 Å². The lowest BCUT2D eigenvalue weighted by Crippen LogP contribution is -2.29. The number of nitrogens with one attached hydrogen (secondary N) is 2. The Morgan fingerprint density at radius 2 is 2.53 bits per heavy atom. The zero-order valence-electron chi connectivity index (χ0n) is 8.86. The number of carbonyl (C=O) groups excluding carboxylic acids is 1. The topological polar surface area (TPSA) is 96.7 Å². The molecule has 4 N–H and O–H groups in total. The first kappa shape index (κ1) is 11.6. The summed E-state index contributed by atoms with van der Waals surface area (Å²) in [4.78, 5) is 15.4. The summed E-state index contributed by atoms with van der Waals surface area (Å²) >= 11 is 0. The van der Waals surface area contributed by atoms with E-state index in [0.29, 0.717) is 18.9 Å². The smallest absolute Gasteiger partial charge is 0.223 e. The van der Waals surface area contributed by atoms with Crippen molar-refractivity contribution in [3.05, 3.63) is 12.2 Å². The monoisotopic (exact) mass is 211 g/mol. The molecule has 0 aliphatic carbocycles. The molecule has 1 atom stereocenters. The van der Waals surface area contributed by atoms with E-state index in [9.17, 15) is 4.79 Å². The molecule has 15 heavy (non-hydrogen) atoms. The number of hydrogen-bond donors (Lipinski definition) is 3. The zero-order chi connectivity index (χ0) is 11.1. The summed E-state index contributed by atoms with van der Waals surface area (Å²) in [5, 5.41) is 9.15. The predicted molar refractivity (Wildman–Crippen MR) is 55.7 cm³/mol. The van der Waals surface area contributed by atoms with Crippen molar-refractivity contribution < 1.29 is 4.79 Å². The number of carbonyl (C=O) groups is 1. The van der Waals surface area contributed by atoms with Gasteiger partial charge in [0.25, 0.3) is 0 Å². The number of nitrogens with zero attached hydrogens (tertiary/aromatic N) is 2. The highest BCUT2D eigenvalue weighted by molar-refractivity contribution is 5.78. The van der Waals surface area contributed by atoms with Crippen LogP contribution in [0.4, 0.5) is 0 Å². The van der Waals surface area contributed by atoms with Crippen LogP contribution in [-0.2, 0) is 11.3 Å². The summed E-state index contributed by atoms with van der Waals surface area (Å²) < 4.78 is 0. The van der Waals surface area contributed by atoms with Gasteiger partial charge in [0.2, 0.25) is 5.91 Å². The van der Waals surface area contributed by atoms with Gasteiger partial charge in [-0.2, -0.15) is 5.10 Å². The maximum Gasteiger partial charge on any atom is 0.223 e. The number of aromatic nitrogens is 3. The Morgan fingerprint density at radius 1 is 1.73 bits per heavy atom. The predicted octanol–water partition coefficient (Wildman–Crippen LogP) is -0.204. The maximum absolute atomic E-state index is 11.5. The number of amides is 1. The van der Waals surface area contributed by atoms with Crippen molar-refractivity contribution in [1.82, 2.24) is 20.5 Å². The van der Waals surface area contributed by atoms with E-state index in [1.54, 1.807) is 0 Å². The summed E-state index contributed by atoms with van der Waals surface area (Å²) in [6, 6.07) is 0. The molecule has 0 radical (unpaired) electrons. The highest BCUT2D eigenvalue weighted by atomic mass is 16.1. The van der Waals surface area contributed by atoms with Gasteiger partial charge in [-0.3, -0.25) is 9.89 Å². The Labute approximate surface area is 88.7 Å². The van der Waals surface area contributed by atoms with Gasteiger partial charge in [-0.1, -0.05) is 6.92 Å². The largest absolute Gasteiger partial charge is 0.349 e. The Balaban J connectivity index is 2.23. The van der Waals surface area contributed by atoms with E-state index in [0.717, 1.165) is 12.8 Å². The molecule has 6 nitrogen and oxygen atoms in total. The summed E-state index contributed by atoms with van der Waals surface area (Å²) in [6.07, 6.45) is 3.11. The molecule has 0 aromatic carbocycles. The standard InChI is InChI=1S/C9H17N5O/c1-7(3-2-4-10)9(15)11-5-8-12-6-13-14-8/h6-7H,2-5,10H2,1H3,(H,11,15)(H,12,13,14). The molecular formula is C9H17N5O. The van der Waals surface area contributed by atoms with Crippen LogP contribution in [0.1, 0.15) is 25.6 Å². The van der Waals surface area contributed by atoms with E-state index in [1.807, 2.05) is 6.92 Å². The third-order valence-corrected chi connectivity index (χ3v) is 2.18. The van der Waals surface area contributed by atoms with Gasteiger partial charge in [0, 0.05) is 5.92 Å². The van der Waals surface area contributed by atoms with Crippen LogP contribution in [-0.4, -0.2) is 27.6 Å². The van der Waals surface area contributed by atoms with Crippen molar-refractivity contribution in [2.24, 2.45) is 11.7 Å². The second kappa shape index (κ2) is 6.13. The molecule has 0 saturated carbocycles. The molecule has 84 valence electrons. The minimum absolute atomic E-state index is 0.00327. The Hall–Kier alpha value is -1.43. The Bertz CT molecular complexity index is 285. The van der Waals surface area contributed by atoms with Crippen molar-refractivity contribution in [2.75, 3.05) is 6.54 Å². The summed E-state index contributed by atoms with van der Waals surface area (Å²) in [7, 11) is 0. The first-order valence-electron chi connectivity index (χ1n) is 5.06. The highest BCUT2D eigenvalue weighted by Gasteiger charge is 2.11. The minimum Gasteiger partial charge on any atom is -0.349 e. The van der Waals surface area contributed by atoms with Crippen LogP contribution in [0.15, 0.2) is 6.33 Å². The maximum atomic E-state index is 11.5. The molecule has 1 heterocycles. The number of nitrogens with two attached hydrogens (primary N) is 1. The van der Waals surface area contributed by atoms with Crippen LogP contribution in [0.2, 0.25) is 0 Å². The molecule has 0 fully saturated rings. The molecule has 1 rings (SSSR count). The van der Waals surface area contributed by atoms with Gasteiger partial charge < -0.3 is 11.1 Å². The van der Waals surface area contributed by atoms with Crippen LogP contribution in [0.3, 0.4) is 0 Å². The van der Waals surface area contributed by atoms with Gasteiger partial charge in [-0.25, -0.2) is 4.98 Å². The Morgan fingerprint density at radius 3 is 3.13 bits per heavy atom. The molecular weight excluding hydrogens is 194 g/mol. The first-order valence-corrected chi connectivity index (χ1v) is 5.06. The van der Waals surface area contributed by atoms with Gasteiger partial charge in [0.05, 0.1) is 6.54 Å². The molecule has 0 saturated heterocycles. The zero-order valence-corrected chi connectivity index (χ0v) is 8.86. The van der Waals surface area contributed by atoms with Gasteiger partial charge in [0.15, 0.2) is 0 Å². The lowest BCUT2D eigenvalue weighted by Gasteiger charge is -2.10. The van der Waals surface area contributed by atoms with Crippen LogP contribution in [0.5, 0.6) is 0 Å². The molecule has 1 unspecified atom stereocenters. The summed E-state index contributed by atoms with van der Waals surface area (Å²) in [6.45, 7) is 2.91. The molecule has 1 amide bonds. The molecule has 6 heteroatoms. The number of hydrogen-bond acceptors (Lipinski definition) is 4. The second-order valence-electron chi connectivity index (χ2n) is 3.48. The molecule has 0 spiro atoms. The number of rotatable bonds is 6. The normalized spacial score (nSPS) is 12.4. The lowest BCUT2D eigenvalue weighted by atomic mass is 10.1. The fraction of sp³-hybridized carbons (Fsp3) is 0.667. The molecule has 0 bridgehead atoms. The van der Waals surface area contributed by atoms with Gasteiger partial charge in [-0.15, -0.1) is 0 Å². The molecule has 1 aromatic rings. The van der Waals surface area contributed by atoms with E-state index in [1.165, 1.54) is 6.33 Å². The minimum atomic E-state index is -0.00327. The van der Waals surface area contributed by atoms with Gasteiger partial charge >= 0.3 is 0 Å². The quantitative estimate of drug-likeness (QED) is 0.607. The van der Waals surface area contributed by atoms with E-state index in [4.69, 9.17) is 5.73 Å². The lowest BCUT2D eigenvalue weighted by molar-refractivity contribution is -0.124. The second-order valence-corrected chi connectivity index (χ2v) is 3.48. The van der Waals surface area contributed by atoms with Crippen molar-refractivity contribution in [3.8, 4) is 0 Å². The SMILES string of the molecule is CC(CCCN)C(=O)NCc1ncn[nH]1. The van der Waals surface area contributed by atoms with Crippen LogP contribution >= 0.6 is 0 Å². The summed E-state index contributed by atoms with van der Waals surface area (Å²) in [5.41, 5.74) is 5.37. The molecule has 1 aromatic heterocycles. The molecule has 0 aliphatic rings. The van der Waals surface area contributed by atoms with Crippen molar-refractivity contribution >= 4 is 5.91 Å². The van der Waals surface area contributed by atoms with Crippen LogP contribution in [0.25, 0.3) is 0 Å². The fourth-order valence-corrected chi connectivity index (χ4v) is 1.22. The summed E-state index contributed by atoms with van der Waals surface area (Å²) in [5.74, 6) is 0.686. The average Bonchev–Trinajstić information content (AvgIpc) is 2.75. The van der Waals surface area contributed by atoms with Crippen molar-refractivity contribution in [1.29, 1.82) is 0 Å².